The van der Waals surface area contributed by atoms with Crippen LogP contribution < -0.4 is 9.47 Å². The van der Waals surface area contributed by atoms with Crippen molar-refractivity contribution in [3.05, 3.63) is 132 Å². The molecule has 6 nitrogen and oxygen atoms in total. The number of aliphatic hydroxyl groups is 1. The summed E-state index contributed by atoms with van der Waals surface area (Å²) >= 11 is 0. The molecule has 1 aliphatic heterocycles. The molecule has 0 bridgehead atoms. The zero-order chi connectivity index (χ0) is 27.5. The summed E-state index contributed by atoms with van der Waals surface area (Å²) in [6.45, 7) is 0.187. The SMILES string of the molecule is COc1ccc(C(OC[C@H]2O[C@@H](c3c[nH]c4ccccc34)C[C@@H]2O)(c2ccccc2)c2ccc(OC)cc2)cc1. The van der Waals surface area contributed by atoms with Gasteiger partial charge in [-0.25, -0.2) is 0 Å². The molecule has 1 aliphatic rings. The smallest absolute Gasteiger partial charge is 0.143 e. The van der Waals surface area contributed by atoms with Gasteiger partial charge in [-0.05, 0) is 47.0 Å². The highest BCUT2D eigenvalue weighted by molar-refractivity contribution is 5.83. The molecule has 6 heteroatoms. The Morgan fingerprint density at radius 2 is 1.35 bits per heavy atom. The van der Waals surface area contributed by atoms with Crippen LogP contribution in [0.3, 0.4) is 0 Å². The first-order valence-electron chi connectivity index (χ1n) is 13.5. The Hall–Kier alpha value is -4.10. The number of methoxy groups -OCH3 is 2. The third kappa shape index (κ3) is 4.75. The molecule has 0 spiro atoms. The fourth-order valence-corrected chi connectivity index (χ4v) is 5.72. The molecule has 2 heterocycles. The van der Waals surface area contributed by atoms with Crippen molar-refractivity contribution < 1.29 is 24.1 Å². The molecular formula is C34H33NO5. The number of aliphatic hydroxyl groups excluding tert-OH is 1. The molecule has 1 saturated heterocycles. The Morgan fingerprint density at radius 1 is 0.775 bits per heavy atom. The Balaban J connectivity index is 1.37. The molecule has 6 rings (SSSR count). The highest BCUT2D eigenvalue weighted by Crippen LogP contribution is 2.43. The number of aromatic nitrogens is 1. The van der Waals surface area contributed by atoms with Gasteiger partial charge in [0, 0.05) is 29.1 Å². The lowest BCUT2D eigenvalue weighted by molar-refractivity contribution is -0.0826. The highest BCUT2D eigenvalue weighted by Gasteiger charge is 2.42. The van der Waals surface area contributed by atoms with E-state index in [1.165, 1.54) is 0 Å². The molecule has 204 valence electrons. The second-order valence-corrected chi connectivity index (χ2v) is 10.1. The van der Waals surface area contributed by atoms with Crippen LogP contribution in [0.1, 0.15) is 34.8 Å². The number of ether oxygens (including phenoxy) is 4. The van der Waals surface area contributed by atoms with Gasteiger partial charge in [0.2, 0.25) is 0 Å². The standard InChI is InChI=1S/C34H33NO5/c1-37-26-16-12-24(13-17-26)34(23-8-4-3-5-9-23,25-14-18-27(38-2)19-15-25)39-22-33-31(36)20-32(40-33)29-21-35-30-11-7-6-10-28(29)30/h3-19,21,31-33,35-36H,20,22H2,1-2H3/t31-,32+,33+/m0/s1. The van der Waals surface area contributed by atoms with Crippen LogP contribution in [0.25, 0.3) is 10.9 Å². The summed E-state index contributed by atoms with van der Waals surface area (Å²) < 4.78 is 24.3. The average Bonchev–Trinajstić information content (AvgIpc) is 3.61. The maximum absolute atomic E-state index is 11.1. The molecule has 0 unspecified atom stereocenters. The summed E-state index contributed by atoms with van der Waals surface area (Å²) in [6, 6.07) is 34.1. The second kappa shape index (κ2) is 11.2. The van der Waals surface area contributed by atoms with Crippen molar-refractivity contribution in [2.24, 2.45) is 0 Å². The van der Waals surface area contributed by atoms with Crippen LogP contribution in [-0.2, 0) is 15.1 Å². The zero-order valence-corrected chi connectivity index (χ0v) is 22.6. The number of rotatable bonds is 9. The number of nitrogens with one attached hydrogen (secondary N) is 1. The topological polar surface area (TPSA) is 72.9 Å². The van der Waals surface area contributed by atoms with Crippen molar-refractivity contribution >= 4 is 10.9 Å². The number of benzene rings is 4. The first kappa shape index (κ1) is 26.1. The van der Waals surface area contributed by atoms with Crippen LogP contribution in [0.5, 0.6) is 11.5 Å². The molecule has 0 amide bonds. The van der Waals surface area contributed by atoms with Crippen LogP contribution in [0.15, 0.2) is 109 Å². The van der Waals surface area contributed by atoms with E-state index in [9.17, 15) is 5.11 Å². The maximum atomic E-state index is 11.1. The molecular weight excluding hydrogens is 502 g/mol. The molecule has 0 radical (unpaired) electrons. The van der Waals surface area contributed by atoms with E-state index in [2.05, 4.69) is 23.2 Å². The first-order chi connectivity index (χ1) is 19.6. The first-order valence-corrected chi connectivity index (χ1v) is 13.5. The monoisotopic (exact) mass is 535 g/mol. The zero-order valence-electron chi connectivity index (χ0n) is 22.6. The number of hydrogen-bond acceptors (Lipinski definition) is 5. The number of H-pyrrole nitrogens is 1. The Morgan fingerprint density at radius 3 is 1.98 bits per heavy atom. The summed E-state index contributed by atoms with van der Waals surface area (Å²) in [5.74, 6) is 1.52. The fraction of sp³-hybridized carbons (Fsp3) is 0.235. The lowest BCUT2D eigenvalue weighted by Crippen LogP contribution is -2.38. The van der Waals surface area contributed by atoms with Crippen molar-refractivity contribution in [2.75, 3.05) is 20.8 Å². The minimum atomic E-state index is -0.970. The van der Waals surface area contributed by atoms with E-state index in [0.29, 0.717) is 6.42 Å². The summed E-state index contributed by atoms with van der Waals surface area (Å²) in [5, 5.41) is 12.2. The molecule has 3 atom stereocenters. The summed E-state index contributed by atoms with van der Waals surface area (Å²) in [7, 11) is 3.31. The van der Waals surface area contributed by atoms with Gasteiger partial charge in [-0.15, -0.1) is 0 Å². The van der Waals surface area contributed by atoms with Crippen molar-refractivity contribution in [1.29, 1.82) is 0 Å². The lowest BCUT2D eigenvalue weighted by atomic mass is 9.80. The van der Waals surface area contributed by atoms with Gasteiger partial charge < -0.3 is 29.0 Å². The quantitative estimate of drug-likeness (QED) is 0.214. The number of fused-ring (bicyclic) bond motifs is 1. The Kier molecular flexibility index (Phi) is 7.30. The lowest BCUT2D eigenvalue weighted by Gasteiger charge is -2.37. The minimum absolute atomic E-state index is 0.187. The maximum Gasteiger partial charge on any atom is 0.143 e. The van der Waals surface area contributed by atoms with Crippen LogP contribution in [0, 0.1) is 0 Å². The largest absolute Gasteiger partial charge is 0.497 e. The highest BCUT2D eigenvalue weighted by atomic mass is 16.6. The summed E-state index contributed by atoms with van der Waals surface area (Å²) in [5.41, 5.74) is 3.97. The molecule has 5 aromatic rings. The molecule has 4 aromatic carbocycles. The van der Waals surface area contributed by atoms with Crippen LogP contribution in [0.2, 0.25) is 0 Å². The van der Waals surface area contributed by atoms with Gasteiger partial charge >= 0.3 is 0 Å². The third-order valence-electron chi connectivity index (χ3n) is 7.83. The predicted molar refractivity (Wildman–Crippen MR) is 155 cm³/mol. The number of para-hydroxylation sites is 1. The molecule has 1 aromatic heterocycles. The van der Waals surface area contributed by atoms with Gasteiger partial charge in [-0.2, -0.15) is 0 Å². The molecule has 2 N–H and O–H groups in total. The van der Waals surface area contributed by atoms with E-state index in [1.807, 2.05) is 91.1 Å². The van der Waals surface area contributed by atoms with Crippen LogP contribution >= 0.6 is 0 Å². The van der Waals surface area contributed by atoms with E-state index in [4.69, 9.17) is 18.9 Å². The van der Waals surface area contributed by atoms with E-state index in [-0.39, 0.29) is 12.7 Å². The van der Waals surface area contributed by atoms with Crippen molar-refractivity contribution in [3.8, 4) is 11.5 Å². The molecule has 40 heavy (non-hydrogen) atoms. The van der Waals surface area contributed by atoms with Gasteiger partial charge in [0.15, 0.2) is 0 Å². The summed E-state index contributed by atoms with van der Waals surface area (Å²) in [4.78, 5) is 3.32. The molecule has 1 fully saturated rings. The van der Waals surface area contributed by atoms with Gasteiger partial charge in [0.05, 0.1) is 33.0 Å². The summed E-state index contributed by atoms with van der Waals surface area (Å²) in [6.07, 6.45) is 1.08. The predicted octanol–water partition coefficient (Wildman–Crippen LogP) is 6.38. The van der Waals surface area contributed by atoms with E-state index < -0.39 is 17.8 Å². The molecule has 0 saturated carbocycles. The minimum Gasteiger partial charge on any atom is -0.497 e. The van der Waals surface area contributed by atoms with Crippen molar-refractivity contribution in [2.45, 2.75) is 30.3 Å². The third-order valence-corrected chi connectivity index (χ3v) is 7.83. The van der Waals surface area contributed by atoms with E-state index >= 15 is 0 Å². The second-order valence-electron chi connectivity index (χ2n) is 10.1. The van der Waals surface area contributed by atoms with Gasteiger partial charge in [-0.3, -0.25) is 0 Å². The van der Waals surface area contributed by atoms with Crippen molar-refractivity contribution in [3.63, 3.8) is 0 Å². The van der Waals surface area contributed by atoms with Gasteiger partial charge in [-0.1, -0.05) is 72.8 Å². The van der Waals surface area contributed by atoms with Gasteiger partial charge in [0.25, 0.3) is 0 Å². The normalized spacial score (nSPS) is 19.1. The Bertz CT molecular complexity index is 1500. The number of aromatic amines is 1. The van der Waals surface area contributed by atoms with Crippen molar-refractivity contribution in [1.82, 2.24) is 4.98 Å². The fourth-order valence-electron chi connectivity index (χ4n) is 5.72. The van der Waals surface area contributed by atoms with E-state index in [0.717, 1.165) is 44.7 Å². The molecule has 0 aliphatic carbocycles. The number of hydrogen-bond donors (Lipinski definition) is 2. The van der Waals surface area contributed by atoms with E-state index in [1.54, 1.807) is 14.2 Å². The average molecular weight is 536 g/mol. The van der Waals surface area contributed by atoms with Crippen LogP contribution in [0.4, 0.5) is 0 Å². The van der Waals surface area contributed by atoms with Crippen LogP contribution in [-0.4, -0.2) is 43.1 Å². The Labute approximate surface area is 234 Å². The van der Waals surface area contributed by atoms with Gasteiger partial charge in [0.1, 0.15) is 23.2 Å².